The third kappa shape index (κ3) is 3.92. The number of benzene rings is 2. The molecule has 0 radical (unpaired) electrons. The monoisotopic (exact) mass is 395 g/mol. The Hall–Kier alpha value is -1.97. The molecule has 4 nitrogen and oxygen atoms in total. The number of hydrogen-bond acceptors (Lipinski definition) is 4. The van der Waals surface area contributed by atoms with Crippen molar-refractivity contribution < 1.29 is 13.9 Å². The van der Waals surface area contributed by atoms with Gasteiger partial charge in [-0.2, -0.15) is 5.26 Å². The molecular formula is C23H29NO3Si. The van der Waals surface area contributed by atoms with E-state index in [1.807, 2.05) is 26.0 Å². The average molecular weight is 396 g/mol. The predicted molar refractivity (Wildman–Crippen MR) is 113 cm³/mol. The molecule has 3 rings (SSSR count). The van der Waals surface area contributed by atoms with Crippen LogP contribution >= 0.6 is 0 Å². The molecule has 148 valence electrons. The van der Waals surface area contributed by atoms with Crippen LogP contribution < -0.4 is 10.4 Å². The minimum absolute atomic E-state index is 0.118. The first-order chi connectivity index (χ1) is 13.2. The van der Waals surface area contributed by atoms with E-state index in [4.69, 9.17) is 13.9 Å². The van der Waals surface area contributed by atoms with Gasteiger partial charge in [-0.05, 0) is 29.3 Å². The van der Waals surface area contributed by atoms with Gasteiger partial charge in [0.25, 0.3) is 8.32 Å². The second kappa shape index (κ2) is 7.80. The van der Waals surface area contributed by atoms with Gasteiger partial charge in [0.2, 0.25) is 0 Å². The van der Waals surface area contributed by atoms with Crippen LogP contribution in [-0.2, 0) is 13.9 Å². The van der Waals surface area contributed by atoms with Gasteiger partial charge in [-0.1, -0.05) is 81.4 Å². The summed E-state index contributed by atoms with van der Waals surface area (Å²) in [5.41, 5.74) is 0. The smallest absolute Gasteiger partial charge is 0.261 e. The summed E-state index contributed by atoms with van der Waals surface area (Å²) in [4.78, 5) is 0. The fourth-order valence-corrected chi connectivity index (χ4v) is 8.61. The van der Waals surface area contributed by atoms with Crippen LogP contribution in [0.5, 0.6) is 0 Å². The number of hydrogen-bond donors (Lipinski definition) is 0. The van der Waals surface area contributed by atoms with Crippen LogP contribution in [-0.4, -0.2) is 32.9 Å². The predicted octanol–water partition coefficient (Wildman–Crippen LogP) is 3.61. The van der Waals surface area contributed by atoms with Gasteiger partial charge in [-0.15, -0.1) is 0 Å². The molecule has 0 aromatic heterocycles. The van der Waals surface area contributed by atoms with Crippen LogP contribution in [0, 0.1) is 11.3 Å². The quantitative estimate of drug-likeness (QED) is 0.726. The molecule has 5 heteroatoms. The largest absolute Gasteiger partial charge is 0.405 e. The molecule has 0 saturated carbocycles. The van der Waals surface area contributed by atoms with E-state index in [2.05, 4.69) is 75.4 Å². The Morgan fingerprint density at radius 3 is 1.89 bits per heavy atom. The summed E-state index contributed by atoms with van der Waals surface area (Å²) in [6.07, 6.45) is -1.05. The topological polar surface area (TPSA) is 51.5 Å². The van der Waals surface area contributed by atoms with Crippen LogP contribution in [0.25, 0.3) is 0 Å². The molecule has 2 aromatic rings. The highest BCUT2D eigenvalue weighted by Gasteiger charge is 2.52. The van der Waals surface area contributed by atoms with Crippen molar-refractivity contribution in [2.75, 3.05) is 6.61 Å². The van der Waals surface area contributed by atoms with E-state index in [0.29, 0.717) is 6.61 Å². The fraction of sp³-hybridized carbons (Fsp3) is 0.435. The first-order valence-corrected chi connectivity index (χ1v) is 11.6. The van der Waals surface area contributed by atoms with Gasteiger partial charge in [0.15, 0.2) is 11.9 Å². The summed E-state index contributed by atoms with van der Waals surface area (Å²) in [5.74, 6) is -0.778. The molecule has 0 spiro atoms. The van der Waals surface area contributed by atoms with Gasteiger partial charge in [0, 0.05) is 0 Å². The molecule has 1 heterocycles. The van der Waals surface area contributed by atoms with Crippen LogP contribution in [0.4, 0.5) is 0 Å². The lowest BCUT2D eigenvalue weighted by Crippen LogP contribution is -2.67. The lowest BCUT2D eigenvalue weighted by molar-refractivity contribution is -0.145. The Kier molecular flexibility index (Phi) is 5.78. The highest BCUT2D eigenvalue weighted by molar-refractivity contribution is 6.99. The second-order valence-electron chi connectivity index (χ2n) is 8.70. The summed E-state index contributed by atoms with van der Waals surface area (Å²) in [6.45, 7) is 10.7. The minimum Gasteiger partial charge on any atom is -0.405 e. The Labute approximate surface area is 169 Å². The van der Waals surface area contributed by atoms with Gasteiger partial charge in [0.05, 0.1) is 12.7 Å². The molecule has 2 aromatic carbocycles. The van der Waals surface area contributed by atoms with Crippen LogP contribution in [0.15, 0.2) is 60.7 Å². The van der Waals surface area contributed by atoms with Crippen molar-refractivity contribution in [1.82, 2.24) is 0 Å². The SMILES string of the molecule is CC1(C)O[C@@H](C#N)[C@H](CO[Si](c2ccccc2)(c2ccccc2)C(C)(C)C)O1. The molecule has 0 amide bonds. The number of nitrogens with zero attached hydrogens (tertiary/aromatic N) is 1. The van der Waals surface area contributed by atoms with Crippen molar-refractivity contribution in [3.05, 3.63) is 60.7 Å². The van der Waals surface area contributed by atoms with Crippen molar-refractivity contribution in [1.29, 1.82) is 5.26 Å². The van der Waals surface area contributed by atoms with E-state index in [1.54, 1.807) is 0 Å². The first-order valence-electron chi connectivity index (χ1n) is 9.70. The molecule has 1 aliphatic heterocycles. The van der Waals surface area contributed by atoms with Crippen molar-refractivity contribution in [3.8, 4) is 6.07 Å². The van der Waals surface area contributed by atoms with Crippen molar-refractivity contribution in [2.24, 2.45) is 0 Å². The first kappa shape index (κ1) is 20.8. The second-order valence-corrected chi connectivity index (χ2v) is 13.0. The van der Waals surface area contributed by atoms with Gasteiger partial charge in [-0.25, -0.2) is 0 Å². The lowest BCUT2D eigenvalue weighted by Gasteiger charge is -2.43. The molecule has 1 aliphatic rings. The molecule has 1 fully saturated rings. The van der Waals surface area contributed by atoms with E-state index in [9.17, 15) is 5.26 Å². The van der Waals surface area contributed by atoms with E-state index in [-0.39, 0.29) is 5.04 Å². The zero-order valence-corrected chi connectivity index (χ0v) is 18.3. The number of rotatable bonds is 5. The Bertz CT molecular complexity index is 785. The molecule has 0 bridgehead atoms. The van der Waals surface area contributed by atoms with Crippen LogP contribution in [0.1, 0.15) is 34.6 Å². The van der Waals surface area contributed by atoms with E-state index >= 15 is 0 Å². The average Bonchev–Trinajstić information content (AvgIpc) is 2.97. The molecule has 0 aliphatic carbocycles. The maximum absolute atomic E-state index is 9.49. The third-order valence-corrected chi connectivity index (χ3v) is 10.2. The highest BCUT2D eigenvalue weighted by Crippen LogP contribution is 2.38. The molecule has 28 heavy (non-hydrogen) atoms. The summed E-state index contributed by atoms with van der Waals surface area (Å²) >= 11 is 0. The Morgan fingerprint density at radius 1 is 0.964 bits per heavy atom. The van der Waals surface area contributed by atoms with E-state index < -0.39 is 26.3 Å². The number of nitriles is 1. The number of ether oxygens (including phenoxy) is 2. The highest BCUT2D eigenvalue weighted by atomic mass is 28.4. The van der Waals surface area contributed by atoms with Gasteiger partial charge in [-0.3, -0.25) is 0 Å². The van der Waals surface area contributed by atoms with Crippen LogP contribution in [0.3, 0.4) is 0 Å². The van der Waals surface area contributed by atoms with E-state index in [1.165, 1.54) is 10.4 Å². The van der Waals surface area contributed by atoms with Gasteiger partial charge >= 0.3 is 0 Å². The zero-order chi connectivity index (χ0) is 20.4. The van der Waals surface area contributed by atoms with Gasteiger partial charge < -0.3 is 13.9 Å². The lowest BCUT2D eigenvalue weighted by atomic mass is 10.2. The molecule has 2 atom stereocenters. The Balaban J connectivity index is 2.03. The molecule has 1 saturated heterocycles. The normalized spacial score (nSPS) is 22.0. The molecular weight excluding hydrogens is 366 g/mol. The van der Waals surface area contributed by atoms with Gasteiger partial charge in [0.1, 0.15) is 6.10 Å². The maximum Gasteiger partial charge on any atom is 0.261 e. The summed E-state index contributed by atoms with van der Waals surface area (Å²) in [6, 6.07) is 23.1. The summed E-state index contributed by atoms with van der Waals surface area (Å²) in [7, 11) is -2.65. The third-order valence-electron chi connectivity index (χ3n) is 5.19. The summed E-state index contributed by atoms with van der Waals surface area (Å²) in [5, 5.41) is 11.8. The zero-order valence-electron chi connectivity index (χ0n) is 17.3. The van der Waals surface area contributed by atoms with Crippen LogP contribution in [0.2, 0.25) is 5.04 Å². The minimum atomic E-state index is -2.65. The standard InChI is InChI=1S/C23H29NO3Si/c1-22(2,3)28(18-12-8-6-9-13-18,19-14-10-7-11-15-19)25-17-21-20(16-24)26-23(4,5)27-21/h6-15,20-21H,17H2,1-5H3/t20-,21-/m0/s1. The Morgan fingerprint density at radius 2 is 1.46 bits per heavy atom. The molecule has 0 N–H and O–H groups in total. The van der Waals surface area contributed by atoms with Crippen molar-refractivity contribution in [2.45, 2.75) is 57.7 Å². The van der Waals surface area contributed by atoms with Crippen molar-refractivity contribution in [3.63, 3.8) is 0 Å². The summed E-state index contributed by atoms with van der Waals surface area (Å²) < 4.78 is 18.6. The van der Waals surface area contributed by atoms with Crippen molar-refractivity contribution >= 4 is 18.7 Å². The fourth-order valence-electron chi connectivity index (χ4n) is 4.04. The van der Waals surface area contributed by atoms with E-state index in [0.717, 1.165) is 0 Å². The molecule has 0 unspecified atom stereocenters. The maximum atomic E-state index is 9.49.